The summed E-state index contributed by atoms with van der Waals surface area (Å²) in [5.41, 5.74) is 2.83. The Kier molecular flexibility index (Phi) is 7.32. The molecule has 0 atom stereocenters. The van der Waals surface area contributed by atoms with E-state index in [0.29, 0.717) is 23.7 Å². The maximum atomic E-state index is 11.5. The number of amides is 2. The predicted molar refractivity (Wildman–Crippen MR) is 87.7 cm³/mol. The average molecular weight is 319 g/mol. The van der Waals surface area contributed by atoms with E-state index in [1.807, 2.05) is 0 Å². The van der Waals surface area contributed by atoms with E-state index in [1.165, 1.54) is 13.3 Å². The van der Waals surface area contributed by atoms with Crippen molar-refractivity contribution in [2.24, 2.45) is 5.10 Å². The fourth-order valence-corrected chi connectivity index (χ4v) is 1.58. The van der Waals surface area contributed by atoms with Crippen molar-refractivity contribution in [2.45, 2.75) is 19.9 Å². The van der Waals surface area contributed by atoms with Crippen molar-refractivity contribution in [3.05, 3.63) is 36.4 Å². The molecule has 0 bridgehead atoms. The van der Waals surface area contributed by atoms with Gasteiger partial charge in [0.25, 0.3) is 0 Å². The minimum Gasteiger partial charge on any atom is -0.493 e. The first-order valence-electron chi connectivity index (χ1n) is 7.03. The fraction of sp³-hybridized carbons (Fsp3) is 0.312. The largest absolute Gasteiger partial charge is 0.493 e. The Hall–Kier alpha value is -2.83. The van der Waals surface area contributed by atoms with Crippen LogP contribution in [0.1, 0.15) is 19.4 Å². The van der Waals surface area contributed by atoms with Gasteiger partial charge in [0.2, 0.25) is 0 Å². The molecule has 0 aliphatic rings. The van der Waals surface area contributed by atoms with E-state index in [0.717, 1.165) is 0 Å². The second kappa shape index (κ2) is 9.24. The van der Waals surface area contributed by atoms with Crippen molar-refractivity contribution in [3.63, 3.8) is 0 Å². The highest BCUT2D eigenvalue weighted by atomic mass is 16.5. The van der Waals surface area contributed by atoms with E-state index in [2.05, 4.69) is 22.4 Å². The number of carbonyl (C=O) groups is 2. The Bertz CT molecular complexity index is 597. The predicted octanol–water partition coefficient (Wildman–Crippen LogP) is 1.23. The molecule has 0 aliphatic heterocycles. The number of nitrogens with zero attached hydrogens (tertiary/aromatic N) is 1. The van der Waals surface area contributed by atoms with Gasteiger partial charge < -0.3 is 14.8 Å². The molecule has 124 valence electrons. The zero-order chi connectivity index (χ0) is 17.2. The lowest BCUT2D eigenvalue weighted by Gasteiger charge is -2.09. The van der Waals surface area contributed by atoms with Crippen LogP contribution in [-0.4, -0.2) is 37.8 Å². The fourth-order valence-electron chi connectivity index (χ4n) is 1.58. The minimum absolute atomic E-state index is 0.121. The quantitative estimate of drug-likeness (QED) is 0.342. The van der Waals surface area contributed by atoms with Gasteiger partial charge in [0, 0.05) is 6.04 Å². The second-order valence-corrected chi connectivity index (χ2v) is 4.84. The zero-order valence-corrected chi connectivity index (χ0v) is 13.5. The summed E-state index contributed by atoms with van der Waals surface area (Å²) in [6.07, 6.45) is 3.03. The molecule has 2 amide bonds. The van der Waals surface area contributed by atoms with Gasteiger partial charge in [-0.1, -0.05) is 12.7 Å². The summed E-state index contributed by atoms with van der Waals surface area (Å²) in [4.78, 5) is 22.9. The number of hydrogen-bond donors (Lipinski definition) is 2. The summed E-state index contributed by atoms with van der Waals surface area (Å²) in [6, 6.07) is 5.04. The highest BCUT2D eigenvalue weighted by molar-refractivity contribution is 6.35. The Morgan fingerprint density at radius 3 is 2.65 bits per heavy atom. The Morgan fingerprint density at radius 2 is 2.04 bits per heavy atom. The molecule has 0 saturated heterocycles. The summed E-state index contributed by atoms with van der Waals surface area (Å²) in [6.45, 7) is 7.47. The van der Waals surface area contributed by atoms with Crippen LogP contribution in [0.2, 0.25) is 0 Å². The number of nitrogens with one attached hydrogen (secondary N) is 2. The molecule has 7 nitrogen and oxygen atoms in total. The molecule has 0 spiro atoms. The zero-order valence-electron chi connectivity index (χ0n) is 13.5. The third-order valence-electron chi connectivity index (χ3n) is 2.55. The molecule has 0 radical (unpaired) electrons. The van der Waals surface area contributed by atoms with Crippen molar-refractivity contribution in [2.75, 3.05) is 13.7 Å². The van der Waals surface area contributed by atoms with Crippen LogP contribution in [0.5, 0.6) is 11.5 Å². The lowest BCUT2D eigenvalue weighted by molar-refractivity contribution is -0.139. The minimum atomic E-state index is -0.826. The van der Waals surface area contributed by atoms with Gasteiger partial charge in [0.1, 0.15) is 6.61 Å². The first-order valence-corrected chi connectivity index (χ1v) is 7.03. The molecule has 0 fully saturated rings. The van der Waals surface area contributed by atoms with Crippen LogP contribution in [0.3, 0.4) is 0 Å². The van der Waals surface area contributed by atoms with Crippen molar-refractivity contribution < 1.29 is 19.1 Å². The number of benzene rings is 1. The van der Waals surface area contributed by atoms with Crippen molar-refractivity contribution in [1.82, 2.24) is 10.7 Å². The summed E-state index contributed by atoms with van der Waals surface area (Å²) in [5, 5.41) is 6.21. The Labute approximate surface area is 135 Å². The number of hydrogen-bond acceptors (Lipinski definition) is 5. The highest BCUT2D eigenvalue weighted by Gasteiger charge is 2.13. The van der Waals surface area contributed by atoms with Crippen LogP contribution in [0, 0.1) is 0 Å². The smallest absolute Gasteiger partial charge is 0.329 e. The molecule has 0 aromatic heterocycles. The van der Waals surface area contributed by atoms with E-state index in [9.17, 15) is 9.59 Å². The Morgan fingerprint density at radius 1 is 1.30 bits per heavy atom. The van der Waals surface area contributed by atoms with Crippen molar-refractivity contribution in [1.29, 1.82) is 0 Å². The molecule has 0 unspecified atom stereocenters. The van der Waals surface area contributed by atoms with Gasteiger partial charge in [-0.2, -0.15) is 5.10 Å². The maximum Gasteiger partial charge on any atom is 0.329 e. The molecular weight excluding hydrogens is 298 g/mol. The summed E-state index contributed by atoms with van der Waals surface area (Å²) in [7, 11) is 1.52. The van der Waals surface area contributed by atoms with E-state index < -0.39 is 11.8 Å². The first-order chi connectivity index (χ1) is 11.0. The summed E-state index contributed by atoms with van der Waals surface area (Å²) >= 11 is 0. The molecular formula is C16H21N3O4. The molecule has 7 heteroatoms. The van der Waals surface area contributed by atoms with Crippen LogP contribution in [-0.2, 0) is 9.59 Å². The number of ether oxygens (including phenoxy) is 2. The third-order valence-corrected chi connectivity index (χ3v) is 2.55. The van der Waals surface area contributed by atoms with Gasteiger partial charge in [-0.05, 0) is 37.6 Å². The van der Waals surface area contributed by atoms with E-state index in [4.69, 9.17) is 9.47 Å². The van der Waals surface area contributed by atoms with E-state index >= 15 is 0 Å². The molecule has 0 saturated carbocycles. The standard InChI is InChI=1S/C16H21N3O4/c1-5-8-23-13-7-6-12(9-14(13)22-4)10-17-19-16(21)15(20)18-11(2)3/h5-7,9-11H,1,8H2,2-4H3,(H,18,20)(H,19,21)/b17-10+. The van der Waals surface area contributed by atoms with Gasteiger partial charge in [0.05, 0.1) is 13.3 Å². The lowest BCUT2D eigenvalue weighted by Crippen LogP contribution is -2.41. The van der Waals surface area contributed by atoms with Gasteiger partial charge >= 0.3 is 11.8 Å². The topological polar surface area (TPSA) is 89.0 Å². The molecule has 1 aromatic carbocycles. The van der Waals surface area contributed by atoms with Gasteiger partial charge in [0.15, 0.2) is 11.5 Å². The third kappa shape index (κ3) is 6.21. The molecule has 0 heterocycles. The average Bonchev–Trinajstić information content (AvgIpc) is 2.52. The Balaban J connectivity index is 2.68. The number of hydrazone groups is 1. The molecule has 0 aliphatic carbocycles. The number of carbonyl (C=O) groups excluding carboxylic acids is 2. The van der Waals surface area contributed by atoms with Crippen LogP contribution < -0.4 is 20.2 Å². The summed E-state index contributed by atoms with van der Waals surface area (Å²) < 4.78 is 10.7. The van der Waals surface area contributed by atoms with Crippen molar-refractivity contribution >= 4 is 18.0 Å². The van der Waals surface area contributed by atoms with E-state index in [-0.39, 0.29) is 6.04 Å². The molecule has 23 heavy (non-hydrogen) atoms. The SMILES string of the molecule is C=CCOc1ccc(/C=N/NC(=O)C(=O)NC(C)C)cc1OC. The normalized spacial score (nSPS) is 10.4. The van der Waals surface area contributed by atoms with Gasteiger partial charge in [-0.3, -0.25) is 9.59 Å². The summed E-state index contributed by atoms with van der Waals surface area (Å²) in [5.74, 6) is -0.458. The second-order valence-electron chi connectivity index (χ2n) is 4.84. The first kappa shape index (κ1) is 18.2. The number of rotatable bonds is 7. The molecule has 1 rings (SSSR count). The van der Waals surface area contributed by atoms with E-state index in [1.54, 1.807) is 38.1 Å². The van der Waals surface area contributed by atoms with Gasteiger partial charge in [-0.25, -0.2) is 5.43 Å². The van der Waals surface area contributed by atoms with Crippen LogP contribution in [0.4, 0.5) is 0 Å². The van der Waals surface area contributed by atoms with Crippen LogP contribution in [0.15, 0.2) is 36.0 Å². The maximum absolute atomic E-state index is 11.5. The lowest BCUT2D eigenvalue weighted by atomic mass is 10.2. The number of methoxy groups -OCH3 is 1. The van der Waals surface area contributed by atoms with Crippen LogP contribution >= 0.6 is 0 Å². The highest BCUT2D eigenvalue weighted by Crippen LogP contribution is 2.27. The van der Waals surface area contributed by atoms with Gasteiger partial charge in [-0.15, -0.1) is 0 Å². The monoisotopic (exact) mass is 319 g/mol. The van der Waals surface area contributed by atoms with Crippen molar-refractivity contribution in [3.8, 4) is 11.5 Å². The molecule has 2 N–H and O–H groups in total. The van der Waals surface area contributed by atoms with Crippen LogP contribution in [0.25, 0.3) is 0 Å². The molecule has 1 aromatic rings.